The molecule has 2 aromatic rings. The molecule has 28 heavy (non-hydrogen) atoms. The van der Waals surface area contributed by atoms with Gasteiger partial charge in [0.05, 0.1) is 12.4 Å². The molecule has 0 unspecified atom stereocenters. The highest BCUT2D eigenvalue weighted by atomic mass is 19.1. The van der Waals surface area contributed by atoms with Crippen LogP contribution in [0.3, 0.4) is 0 Å². The van der Waals surface area contributed by atoms with Crippen LogP contribution in [0, 0.1) is 5.82 Å². The van der Waals surface area contributed by atoms with Crippen molar-refractivity contribution in [3.05, 3.63) is 34.9 Å². The van der Waals surface area contributed by atoms with Crippen LogP contribution >= 0.6 is 0 Å². The Kier molecular flexibility index (Phi) is 5.47. The van der Waals surface area contributed by atoms with Crippen molar-refractivity contribution >= 4 is 5.95 Å². The first-order valence-electron chi connectivity index (χ1n) is 9.62. The molecule has 3 heterocycles. The molecule has 150 valence electrons. The van der Waals surface area contributed by atoms with E-state index in [1.807, 2.05) is 0 Å². The lowest BCUT2D eigenvalue weighted by Gasteiger charge is -2.41. The third-order valence-electron chi connectivity index (χ3n) is 5.48. The molecule has 0 radical (unpaired) electrons. The van der Waals surface area contributed by atoms with Gasteiger partial charge in [0.1, 0.15) is 12.3 Å². The van der Waals surface area contributed by atoms with Crippen LogP contribution in [0.2, 0.25) is 0 Å². The Bertz CT molecular complexity index is 844. The maximum absolute atomic E-state index is 13.0. The van der Waals surface area contributed by atoms with Gasteiger partial charge in [-0.25, -0.2) is 23.8 Å². The predicted molar refractivity (Wildman–Crippen MR) is 99.7 cm³/mol. The zero-order chi connectivity index (χ0) is 19.5. The number of hydrogen-bond donors (Lipinski definition) is 0. The predicted octanol–water partition coefficient (Wildman–Crippen LogP) is 0.617. The molecule has 0 aromatic carbocycles. The summed E-state index contributed by atoms with van der Waals surface area (Å²) in [5.74, 6) is 0.482. The number of piperazine rings is 1. The van der Waals surface area contributed by atoms with Crippen molar-refractivity contribution in [1.82, 2.24) is 29.6 Å². The van der Waals surface area contributed by atoms with Gasteiger partial charge >= 0.3 is 5.69 Å². The summed E-state index contributed by atoms with van der Waals surface area (Å²) in [7, 11) is 1.56. The van der Waals surface area contributed by atoms with Crippen LogP contribution in [0.15, 0.2) is 23.4 Å². The van der Waals surface area contributed by atoms with E-state index >= 15 is 0 Å². The first-order chi connectivity index (χ1) is 13.6. The maximum Gasteiger partial charge on any atom is 0.367 e. The van der Waals surface area contributed by atoms with Gasteiger partial charge in [0.2, 0.25) is 11.8 Å². The van der Waals surface area contributed by atoms with E-state index in [9.17, 15) is 9.18 Å². The molecule has 0 bridgehead atoms. The third-order valence-corrected chi connectivity index (χ3v) is 5.48. The summed E-state index contributed by atoms with van der Waals surface area (Å²) in [5.41, 5.74) is -0.408. The molecule has 1 saturated heterocycles. The molecular weight excluding hydrogens is 365 g/mol. The van der Waals surface area contributed by atoms with Crippen LogP contribution in [0.25, 0.3) is 0 Å². The quantitative estimate of drug-likeness (QED) is 0.752. The Hall–Kier alpha value is -2.62. The summed E-state index contributed by atoms with van der Waals surface area (Å²) < 4.78 is 20.0. The van der Waals surface area contributed by atoms with Crippen LogP contribution in [-0.4, -0.2) is 68.0 Å². The van der Waals surface area contributed by atoms with E-state index in [0.717, 1.165) is 51.9 Å². The molecule has 1 aliphatic heterocycles. The average Bonchev–Trinajstić information content (AvgIpc) is 2.72. The van der Waals surface area contributed by atoms with Crippen LogP contribution in [0.4, 0.5) is 10.3 Å². The van der Waals surface area contributed by atoms with Crippen molar-refractivity contribution in [2.45, 2.75) is 37.8 Å². The smallest absolute Gasteiger partial charge is 0.367 e. The number of aromatic nitrogens is 5. The van der Waals surface area contributed by atoms with Gasteiger partial charge < -0.3 is 9.64 Å². The fraction of sp³-hybridized carbons (Fsp3) is 0.611. The monoisotopic (exact) mass is 389 g/mol. The highest BCUT2D eigenvalue weighted by molar-refractivity contribution is 5.29. The summed E-state index contributed by atoms with van der Waals surface area (Å²) >= 11 is 0. The summed E-state index contributed by atoms with van der Waals surface area (Å²) in [6.07, 6.45) is 7.96. The second-order valence-corrected chi connectivity index (χ2v) is 7.27. The first kappa shape index (κ1) is 18.7. The third kappa shape index (κ3) is 4.27. The van der Waals surface area contributed by atoms with E-state index in [1.54, 1.807) is 7.05 Å². The van der Waals surface area contributed by atoms with Gasteiger partial charge in [0.15, 0.2) is 5.82 Å². The molecule has 1 aliphatic carbocycles. The molecule has 10 heteroatoms. The molecule has 2 aliphatic rings. The summed E-state index contributed by atoms with van der Waals surface area (Å²) in [6.45, 7) is 3.56. The van der Waals surface area contributed by atoms with Crippen molar-refractivity contribution in [1.29, 1.82) is 0 Å². The first-order valence-corrected chi connectivity index (χ1v) is 9.62. The molecule has 2 aromatic heterocycles. The minimum absolute atomic E-state index is 0.0755. The normalized spacial score (nSPS) is 23.6. The molecule has 2 fully saturated rings. The fourth-order valence-electron chi connectivity index (χ4n) is 3.89. The topological polar surface area (TPSA) is 89.3 Å². The number of aryl methyl sites for hydroxylation is 1. The highest BCUT2D eigenvalue weighted by Crippen LogP contribution is 2.27. The number of hydrogen-bond acceptors (Lipinski definition) is 8. The van der Waals surface area contributed by atoms with Crippen molar-refractivity contribution < 1.29 is 9.13 Å². The Labute approximate surface area is 162 Å². The van der Waals surface area contributed by atoms with E-state index in [4.69, 9.17) is 4.74 Å². The Morgan fingerprint density at radius 3 is 2.36 bits per heavy atom. The zero-order valence-corrected chi connectivity index (χ0v) is 15.9. The molecule has 0 atom stereocenters. The summed E-state index contributed by atoms with van der Waals surface area (Å²) in [5, 5.41) is 3.94. The van der Waals surface area contributed by atoms with Gasteiger partial charge in [-0.1, -0.05) is 0 Å². The average molecular weight is 389 g/mol. The largest absolute Gasteiger partial charge is 0.473 e. The van der Waals surface area contributed by atoms with Crippen molar-refractivity contribution in [2.24, 2.45) is 7.05 Å². The van der Waals surface area contributed by atoms with Crippen LogP contribution in [0.1, 0.15) is 25.7 Å². The lowest BCUT2D eigenvalue weighted by atomic mass is 9.91. The molecular formula is C18H24FN7O2. The molecule has 4 rings (SSSR count). The molecule has 1 saturated carbocycles. The number of ether oxygens (including phenoxy) is 1. The fourth-order valence-corrected chi connectivity index (χ4v) is 3.89. The second-order valence-electron chi connectivity index (χ2n) is 7.27. The van der Waals surface area contributed by atoms with Gasteiger partial charge in [-0.3, -0.25) is 4.90 Å². The van der Waals surface area contributed by atoms with Gasteiger partial charge in [-0.15, -0.1) is 0 Å². The molecule has 0 N–H and O–H groups in total. The standard InChI is InChI=1S/C18H24FN7O2/c1-24-18(27)23-16(12-22-24)28-15-4-2-14(3-5-15)25-6-8-26(9-7-25)17-20-10-13(19)11-21-17/h10-12,14-15H,2-9H2,1H3/t14-,15-. The Balaban J connectivity index is 1.25. The second kappa shape index (κ2) is 8.17. The minimum Gasteiger partial charge on any atom is -0.473 e. The maximum atomic E-state index is 13.0. The summed E-state index contributed by atoms with van der Waals surface area (Å²) in [6, 6.07) is 0.533. The van der Waals surface area contributed by atoms with Gasteiger partial charge in [-0.2, -0.15) is 10.1 Å². The number of anilines is 1. The number of nitrogens with zero attached hydrogens (tertiary/aromatic N) is 7. The van der Waals surface area contributed by atoms with E-state index in [1.165, 1.54) is 23.3 Å². The van der Waals surface area contributed by atoms with Crippen LogP contribution < -0.4 is 15.3 Å². The number of halogens is 1. The molecule has 0 spiro atoms. The summed E-state index contributed by atoms with van der Waals surface area (Å²) in [4.78, 5) is 28.2. The van der Waals surface area contributed by atoms with E-state index in [0.29, 0.717) is 17.9 Å². The van der Waals surface area contributed by atoms with Crippen LogP contribution in [-0.2, 0) is 7.05 Å². The lowest BCUT2D eigenvalue weighted by molar-refractivity contribution is 0.0811. The van der Waals surface area contributed by atoms with Crippen molar-refractivity contribution in [3.8, 4) is 5.88 Å². The van der Waals surface area contributed by atoms with E-state index < -0.39 is 11.5 Å². The van der Waals surface area contributed by atoms with Crippen LogP contribution in [0.5, 0.6) is 5.88 Å². The minimum atomic E-state index is -0.414. The SMILES string of the molecule is Cn1ncc(O[C@H]2CC[C@H](N3CCN(c4ncc(F)cn4)CC3)CC2)nc1=O. The van der Waals surface area contributed by atoms with Gasteiger partial charge in [-0.05, 0) is 25.7 Å². The molecule has 9 nitrogen and oxygen atoms in total. The zero-order valence-electron chi connectivity index (χ0n) is 15.9. The Morgan fingerprint density at radius 1 is 1.04 bits per heavy atom. The van der Waals surface area contributed by atoms with Gasteiger partial charge in [0, 0.05) is 39.3 Å². The lowest BCUT2D eigenvalue weighted by Crippen LogP contribution is -2.52. The van der Waals surface area contributed by atoms with E-state index in [2.05, 4.69) is 29.9 Å². The van der Waals surface area contributed by atoms with Crippen molar-refractivity contribution in [3.63, 3.8) is 0 Å². The van der Waals surface area contributed by atoms with Crippen molar-refractivity contribution in [2.75, 3.05) is 31.1 Å². The number of rotatable bonds is 4. The highest BCUT2D eigenvalue weighted by Gasteiger charge is 2.29. The van der Waals surface area contributed by atoms with E-state index in [-0.39, 0.29) is 6.10 Å². The molecule has 0 amide bonds. The van der Waals surface area contributed by atoms with Gasteiger partial charge in [0.25, 0.3) is 0 Å². The Morgan fingerprint density at radius 2 is 1.71 bits per heavy atom.